The van der Waals surface area contributed by atoms with E-state index in [1.165, 1.54) is 0 Å². The van der Waals surface area contributed by atoms with Crippen LogP contribution in [0.1, 0.15) is 27.2 Å². The minimum Gasteiger partial charge on any atom is -0.456 e. The van der Waals surface area contributed by atoms with E-state index in [-0.39, 0.29) is 12.1 Å². The second-order valence-electron chi connectivity index (χ2n) is 12.0. The highest BCUT2D eigenvalue weighted by molar-refractivity contribution is 6.76. The molecule has 2 aromatic heterocycles. The maximum absolute atomic E-state index is 12.6. The molecular weight excluding hydrogens is 520 g/mol. The third-order valence-electron chi connectivity index (χ3n) is 6.19. The topological polar surface area (TPSA) is 77.9 Å². The quantitative estimate of drug-likeness (QED) is 0.221. The first-order valence-corrected chi connectivity index (χ1v) is 17.2. The molecule has 0 spiro atoms. The highest BCUT2D eigenvalue weighted by Crippen LogP contribution is 2.37. The van der Waals surface area contributed by atoms with Gasteiger partial charge in [-0.25, -0.2) is 9.78 Å². The molecule has 1 amide bonds. The second kappa shape index (κ2) is 11.6. The lowest BCUT2D eigenvalue weighted by atomic mass is 10.2. The van der Waals surface area contributed by atoms with E-state index in [9.17, 15) is 4.79 Å². The molecule has 3 heterocycles. The van der Waals surface area contributed by atoms with E-state index in [2.05, 4.69) is 29.9 Å². The smallest absolute Gasteiger partial charge is 0.410 e. The van der Waals surface area contributed by atoms with E-state index in [0.29, 0.717) is 42.9 Å². The van der Waals surface area contributed by atoms with Crippen LogP contribution < -0.4 is 10.1 Å². The summed E-state index contributed by atoms with van der Waals surface area (Å²) in [7, 11) is -1.19. The fourth-order valence-electron chi connectivity index (χ4n) is 4.24. The summed E-state index contributed by atoms with van der Waals surface area (Å²) in [5.41, 5.74) is 1.14. The fourth-order valence-corrected chi connectivity index (χ4v) is 5.12. The van der Waals surface area contributed by atoms with E-state index in [1.54, 1.807) is 23.2 Å². The third-order valence-corrected chi connectivity index (χ3v) is 8.14. The van der Waals surface area contributed by atoms with E-state index in [0.717, 1.165) is 29.2 Å². The van der Waals surface area contributed by atoms with Gasteiger partial charge in [-0.1, -0.05) is 31.2 Å². The monoisotopic (exact) mass is 558 g/mol. The van der Waals surface area contributed by atoms with Crippen LogP contribution in [0.4, 0.5) is 10.5 Å². The SMILES string of the molecule is CC(C)(C)OC(=O)N1CC[C@@H](Nc2cn(COCC[Si](C)(C)C)c3nccc(Oc4ccc(Cl)cc4)c23)C1. The lowest BCUT2D eigenvalue weighted by Gasteiger charge is -2.24. The number of ether oxygens (including phenoxy) is 3. The number of hydrogen-bond donors (Lipinski definition) is 1. The average Bonchev–Trinajstić information content (AvgIpc) is 3.42. The van der Waals surface area contributed by atoms with E-state index < -0.39 is 13.7 Å². The largest absolute Gasteiger partial charge is 0.456 e. The number of nitrogens with zero attached hydrogens (tertiary/aromatic N) is 3. The van der Waals surface area contributed by atoms with Crippen LogP contribution in [0.5, 0.6) is 11.5 Å². The minimum atomic E-state index is -1.19. The van der Waals surface area contributed by atoms with Crippen LogP contribution in [-0.2, 0) is 16.2 Å². The summed E-state index contributed by atoms with van der Waals surface area (Å²) in [6, 6.07) is 10.3. The molecule has 0 aliphatic carbocycles. The number of aromatic nitrogens is 2. The Bertz CT molecular complexity index is 1250. The predicted octanol–water partition coefficient (Wildman–Crippen LogP) is 7.22. The number of benzene rings is 1. The molecule has 0 radical (unpaired) electrons. The van der Waals surface area contributed by atoms with Crippen molar-refractivity contribution in [2.45, 2.75) is 71.3 Å². The molecule has 1 atom stereocenters. The van der Waals surface area contributed by atoms with Gasteiger partial charge in [-0.2, -0.15) is 0 Å². The molecule has 1 aliphatic rings. The molecule has 206 valence electrons. The molecule has 4 rings (SSSR count). The number of amides is 1. The van der Waals surface area contributed by atoms with Crippen molar-refractivity contribution >= 4 is 42.5 Å². The Balaban J connectivity index is 1.57. The molecule has 0 unspecified atom stereocenters. The number of fused-ring (bicyclic) bond motifs is 1. The number of carbonyl (C=O) groups excluding carboxylic acids is 1. The first-order chi connectivity index (χ1) is 17.9. The van der Waals surface area contributed by atoms with Gasteiger partial charge in [0.1, 0.15) is 29.5 Å². The van der Waals surface area contributed by atoms with Crippen LogP contribution >= 0.6 is 11.6 Å². The van der Waals surface area contributed by atoms with Gasteiger partial charge in [0.15, 0.2) is 0 Å². The number of halogens is 1. The summed E-state index contributed by atoms with van der Waals surface area (Å²) in [4.78, 5) is 19.0. The first kappa shape index (κ1) is 28.3. The second-order valence-corrected chi connectivity index (χ2v) is 18.0. The van der Waals surface area contributed by atoms with E-state index in [4.69, 9.17) is 25.8 Å². The molecule has 0 bridgehead atoms. The Morgan fingerprint density at radius 2 is 1.92 bits per heavy atom. The van der Waals surface area contributed by atoms with Crippen LogP contribution in [0.15, 0.2) is 42.7 Å². The maximum Gasteiger partial charge on any atom is 0.410 e. The highest BCUT2D eigenvalue weighted by Gasteiger charge is 2.30. The molecular formula is C28H39ClN4O4Si. The molecule has 1 fully saturated rings. The molecule has 1 N–H and O–H groups in total. The third kappa shape index (κ3) is 7.65. The van der Waals surface area contributed by atoms with Crippen molar-refractivity contribution in [3.63, 3.8) is 0 Å². The normalized spacial score (nSPS) is 16.2. The van der Waals surface area contributed by atoms with Gasteiger partial charge in [0.2, 0.25) is 0 Å². The molecule has 1 saturated heterocycles. The van der Waals surface area contributed by atoms with Gasteiger partial charge in [0, 0.05) is 51.2 Å². The van der Waals surface area contributed by atoms with Gasteiger partial charge in [-0.3, -0.25) is 0 Å². The number of carbonyl (C=O) groups is 1. The maximum atomic E-state index is 12.6. The van der Waals surface area contributed by atoms with Crippen molar-refractivity contribution < 1.29 is 19.0 Å². The standard InChI is InChI=1S/C28H39ClN4O4Si/c1-28(2,3)37-27(34)32-14-12-21(17-32)31-23-18-33(19-35-15-16-38(4,5)6)26-25(23)24(11-13-30-26)36-22-9-7-20(29)8-10-22/h7-11,13,18,21,31H,12,14-17,19H2,1-6H3/t21-/m1/s1. The first-order valence-electron chi connectivity index (χ1n) is 13.1. The zero-order valence-corrected chi connectivity index (χ0v) is 25.0. The Morgan fingerprint density at radius 1 is 1.18 bits per heavy atom. The number of nitrogens with one attached hydrogen (secondary N) is 1. The van der Waals surface area contributed by atoms with Gasteiger partial charge in [0.25, 0.3) is 0 Å². The van der Waals surface area contributed by atoms with E-state index in [1.807, 2.05) is 49.7 Å². The molecule has 8 nitrogen and oxygen atoms in total. The lowest BCUT2D eigenvalue weighted by Crippen LogP contribution is -2.36. The summed E-state index contributed by atoms with van der Waals surface area (Å²) in [5, 5.41) is 5.16. The van der Waals surface area contributed by atoms with Crippen LogP contribution in [0.2, 0.25) is 30.7 Å². The number of hydrogen-bond acceptors (Lipinski definition) is 6. The average molecular weight is 559 g/mol. The Morgan fingerprint density at radius 3 is 2.61 bits per heavy atom. The summed E-state index contributed by atoms with van der Waals surface area (Å²) in [6.07, 6.45) is 4.30. The summed E-state index contributed by atoms with van der Waals surface area (Å²) in [5.74, 6) is 1.37. The molecule has 1 aliphatic heterocycles. The van der Waals surface area contributed by atoms with Crippen LogP contribution in [-0.4, -0.2) is 60.0 Å². The minimum absolute atomic E-state index is 0.0676. The number of likely N-dealkylation sites (tertiary alicyclic amines) is 1. The zero-order valence-electron chi connectivity index (χ0n) is 23.2. The Hall–Kier alpha value is -2.75. The van der Waals surface area contributed by atoms with Crippen LogP contribution in [0.25, 0.3) is 11.0 Å². The van der Waals surface area contributed by atoms with Crippen LogP contribution in [0.3, 0.4) is 0 Å². The van der Waals surface area contributed by atoms with Gasteiger partial charge in [-0.05, 0) is 63.6 Å². The molecule has 10 heteroatoms. The van der Waals surface area contributed by atoms with Crippen molar-refractivity contribution in [2.75, 3.05) is 25.0 Å². The molecule has 1 aromatic carbocycles. The summed E-state index contributed by atoms with van der Waals surface area (Å²) >= 11 is 6.06. The van der Waals surface area contributed by atoms with Crippen molar-refractivity contribution in [2.24, 2.45) is 0 Å². The highest BCUT2D eigenvalue weighted by atomic mass is 35.5. The van der Waals surface area contributed by atoms with Crippen LogP contribution in [0, 0.1) is 0 Å². The van der Waals surface area contributed by atoms with Crippen molar-refractivity contribution in [3.8, 4) is 11.5 Å². The van der Waals surface area contributed by atoms with Crippen molar-refractivity contribution in [1.29, 1.82) is 0 Å². The zero-order chi connectivity index (χ0) is 27.5. The van der Waals surface area contributed by atoms with Crippen molar-refractivity contribution in [1.82, 2.24) is 14.5 Å². The number of rotatable bonds is 9. The molecule has 38 heavy (non-hydrogen) atoms. The van der Waals surface area contributed by atoms with Gasteiger partial charge >= 0.3 is 6.09 Å². The van der Waals surface area contributed by atoms with Gasteiger partial charge in [-0.15, -0.1) is 0 Å². The van der Waals surface area contributed by atoms with Gasteiger partial charge in [0.05, 0.1) is 11.1 Å². The number of anilines is 1. The molecule has 0 saturated carbocycles. The summed E-state index contributed by atoms with van der Waals surface area (Å²) in [6.45, 7) is 15.0. The van der Waals surface area contributed by atoms with Gasteiger partial charge < -0.3 is 29.0 Å². The molecule has 3 aromatic rings. The predicted molar refractivity (Wildman–Crippen MR) is 155 cm³/mol. The van der Waals surface area contributed by atoms with E-state index >= 15 is 0 Å². The Labute approximate surface area is 231 Å². The lowest BCUT2D eigenvalue weighted by molar-refractivity contribution is 0.0293. The summed E-state index contributed by atoms with van der Waals surface area (Å²) < 4.78 is 19.9. The number of pyridine rings is 1. The van der Waals surface area contributed by atoms with Crippen molar-refractivity contribution in [3.05, 3.63) is 47.7 Å². The Kier molecular flexibility index (Phi) is 8.59. The fraction of sp³-hybridized carbons (Fsp3) is 0.500.